The molecule has 1 atom stereocenters. The van der Waals surface area contributed by atoms with Crippen LogP contribution in [-0.2, 0) is 0 Å². The molecule has 1 nitrogen and oxygen atoms in total. The highest BCUT2D eigenvalue weighted by Gasteiger charge is 2.25. The van der Waals surface area contributed by atoms with Crippen LogP contribution in [0, 0.1) is 0 Å². The van der Waals surface area contributed by atoms with E-state index < -0.39 is 0 Å². The fraction of sp³-hybridized carbons (Fsp3) is 1.00. The van der Waals surface area contributed by atoms with E-state index in [0.717, 1.165) is 0 Å². The number of hydrogen-bond acceptors (Lipinski definition) is 1. The Labute approximate surface area is 97.2 Å². The molecule has 1 heteroatoms. The summed E-state index contributed by atoms with van der Waals surface area (Å²) in [4.78, 5) is 2.58. The lowest BCUT2D eigenvalue weighted by Gasteiger charge is -2.38. The molecule has 92 valence electrons. The van der Waals surface area contributed by atoms with Crippen LogP contribution in [0.25, 0.3) is 0 Å². The van der Waals surface area contributed by atoms with E-state index in [9.17, 15) is 0 Å². The van der Waals surface area contributed by atoms with Crippen LogP contribution in [0.1, 0.15) is 72.6 Å². The van der Waals surface area contributed by atoms with E-state index in [-0.39, 0.29) is 0 Å². The summed E-state index contributed by atoms with van der Waals surface area (Å²) in [5.41, 5.74) is 0.432. The second kappa shape index (κ2) is 8.15. The zero-order chi connectivity index (χ0) is 11.7. The maximum absolute atomic E-state index is 2.58. The Hall–Kier alpha value is -0.0400. The minimum Gasteiger partial charge on any atom is -0.301 e. The van der Waals surface area contributed by atoms with Crippen molar-refractivity contribution in [2.45, 2.75) is 78.2 Å². The molecule has 0 saturated heterocycles. The van der Waals surface area contributed by atoms with Gasteiger partial charge in [0.15, 0.2) is 0 Å². The smallest absolute Gasteiger partial charge is 0.0175 e. The summed E-state index contributed by atoms with van der Waals surface area (Å²) < 4.78 is 0. The Balaban J connectivity index is 3.87. The highest BCUT2D eigenvalue weighted by Crippen LogP contribution is 2.24. The van der Waals surface area contributed by atoms with Crippen LogP contribution in [0.15, 0.2) is 0 Å². The first-order valence-electron chi connectivity index (χ1n) is 6.82. The molecular weight excluding hydrogens is 182 g/mol. The lowest BCUT2D eigenvalue weighted by atomic mass is 9.91. The summed E-state index contributed by atoms with van der Waals surface area (Å²) >= 11 is 0. The van der Waals surface area contributed by atoms with Gasteiger partial charge in [-0.05, 0) is 39.8 Å². The lowest BCUT2D eigenvalue weighted by molar-refractivity contribution is 0.118. The summed E-state index contributed by atoms with van der Waals surface area (Å²) in [5.74, 6) is 0. The lowest BCUT2D eigenvalue weighted by Crippen LogP contribution is -2.43. The third kappa shape index (κ3) is 5.55. The molecule has 0 aliphatic carbocycles. The molecule has 1 unspecified atom stereocenters. The summed E-state index contributed by atoms with van der Waals surface area (Å²) in [6.07, 6.45) is 9.38. The SMILES string of the molecule is CCCCCCN(C)C(C)(CC)CCC. The van der Waals surface area contributed by atoms with E-state index in [1.807, 2.05) is 0 Å². The molecule has 0 aromatic heterocycles. The summed E-state index contributed by atoms with van der Waals surface area (Å²) in [6.45, 7) is 10.6. The van der Waals surface area contributed by atoms with Crippen molar-refractivity contribution < 1.29 is 0 Å². The maximum Gasteiger partial charge on any atom is 0.0175 e. The first-order valence-corrected chi connectivity index (χ1v) is 6.82. The van der Waals surface area contributed by atoms with Crippen molar-refractivity contribution in [2.75, 3.05) is 13.6 Å². The number of unbranched alkanes of at least 4 members (excludes halogenated alkanes) is 3. The van der Waals surface area contributed by atoms with Crippen LogP contribution in [0.4, 0.5) is 0 Å². The number of hydrogen-bond donors (Lipinski definition) is 0. The first-order chi connectivity index (χ1) is 7.10. The van der Waals surface area contributed by atoms with Crippen molar-refractivity contribution in [2.24, 2.45) is 0 Å². The van der Waals surface area contributed by atoms with Crippen molar-refractivity contribution in [3.63, 3.8) is 0 Å². The average molecular weight is 213 g/mol. The topological polar surface area (TPSA) is 3.24 Å². The monoisotopic (exact) mass is 213 g/mol. The molecule has 0 amide bonds. The standard InChI is InChI=1S/C14H31N/c1-6-9-10-11-13-15(5)14(4,8-3)12-7-2/h6-13H2,1-5H3. The van der Waals surface area contributed by atoms with Gasteiger partial charge in [-0.15, -0.1) is 0 Å². The van der Waals surface area contributed by atoms with E-state index in [1.54, 1.807) is 0 Å². The van der Waals surface area contributed by atoms with Gasteiger partial charge in [-0.2, -0.15) is 0 Å². The Morgan fingerprint density at radius 2 is 1.60 bits per heavy atom. The Bertz CT molecular complexity index is 144. The minimum atomic E-state index is 0.432. The zero-order valence-electron chi connectivity index (χ0n) is 11.6. The third-order valence-corrected chi connectivity index (χ3v) is 3.82. The van der Waals surface area contributed by atoms with Crippen LogP contribution in [0.2, 0.25) is 0 Å². The van der Waals surface area contributed by atoms with Gasteiger partial charge in [0.25, 0.3) is 0 Å². The van der Waals surface area contributed by atoms with Crippen molar-refractivity contribution >= 4 is 0 Å². The number of nitrogens with zero attached hydrogens (tertiary/aromatic N) is 1. The van der Waals surface area contributed by atoms with Crippen molar-refractivity contribution in [1.82, 2.24) is 4.90 Å². The van der Waals surface area contributed by atoms with Gasteiger partial charge in [0, 0.05) is 5.54 Å². The van der Waals surface area contributed by atoms with Gasteiger partial charge in [0.05, 0.1) is 0 Å². The zero-order valence-corrected chi connectivity index (χ0v) is 11.6. The molecule has 15 heavy (non-hydrogen) atoms. The Morgan fingerprint density at radius 3 is 2.07 bits per heavy atom. The third-order valence-electron chi connectivity index (χ3n) is 3.82. The van der Waals surface area contributed by atoms with Crippen molar-refractivity contribution in [1.29, 1.82) is 0 Å². The second-order valence-electron chi connectivity index (χ2n) is 5.08. The first kappa shape index (κ1) is 15.0. The van der Waals surface area contributed by atoms with E-state index >= 15 is 0 Å². The van der Waals surface area contributed by atoms with Crippen LogP contribution >= 0.6 is 0 Å². The maximum atomic E-state index is 2.58. The summed E-state index contributed by atoms with van der Waals surface area (Å²) in [5, 5.41) is 0. The Morgan fingerprint density at radius 1 is 0.933 bits per heavy atom. The predicted octanol–water partition coefficient (Wildman–Crippen LogP) is 4.47. The van der Waals surface area contributed by atoms with Crippen molar-refractivity contribution in [3.05, 3.63) is 0 Å². The van der Waals surface area contributed by atoms with E-state index in [2.05, 4.69) is 39.6 Å². The highest BCUT2D eigenvalue weighted by molar-refractivity contribution is 4.82. The van der Waals surface area contributed by atoms with Gasteiger partial charge in [-0.25, -0.2) is 0 Å². The van der Waals surface area contributed by atoms with Gasteiger partial charge >= 0.3 is 0 Å². The van der Waals surface area contributed by atoms with Crippen molar-refractivity contribution in [3.8, 4) is 0 Å². The van der Waals surface area contributed by atoms with Crippen LogP contribution < -0.4 is 0 Å². The molecule has 0 bridgehead atoms. The van der Waals surface area contributed by atoms with E-state index in [4.69, 9.17) is 0 Å². The van der Waals surface area contributed by atoms with Gasteiger partial charge in [-0.1, -0.05) is 46.5 Å². The van der Waals surface area contributed by atoms with Gasteiger partial charge < -0.3 is 4.90 Å². The highest BCUT2D eigenvalue weighted by atomic mass is 15.2. The molecule has 0 aliphatic heterocycles. The largest absolute Gasteiger partial charge is 0.301 e. The summed E-state index contributed by atoms with van der Waals surface area (Å²) in [7, 11) is 2.30. The molecular formula is C14H31N. The van der Waals surface area contributed by atoms with Crippen LogP contribution in [-0.4, -0.2) is 24.0 Å². The molecule has 0 aromatic rings. The molecule has 0 spiro atoms. The molecule has 0 rings (SSSR count). The van der Waals surface area contributed by atoms with E-state index in [0.29, 0.717) is 5.54 Å². The summed E-state index contributed by atoms with van der Waals surface area (Å²) in [6, 6.07) is 0. The molecule has 0 aliphatic rings. The molecule has 0 N–H and O–H groups in total. The predicted molar refractivity (Wildman–Crippen MR) is 70.4 cm³/mol. The molecule has 0 heterocycles. The average Bonchev–Trinajstić information content (AvgIpc) is 2.24. The van der Waals surface area contributed by atoms with Crippen LogP contribution in [0.3, 0.4) is 0 Å². The van der Waals surface area contributed by atoms with Crippen LogP contribution in [0.5, 0.6) is 0 Å². The molecule has 0 aromatic carbocycles. The fourth-order valence-corrected chi connectivity index (χ4v) is 2.22. The molecule has 0 radical (unpaired) electrons. The number of rotatable bonds is 9. The van der Waals surface area contributed by atoms with E-state index in [1.165, 1.54) is 51.5 Å². The van der Waals surface area contributed by atoms with Gasteiger partial charge in [0.1, 0.15) is 0 Å². The second-order valence-corrected chi connectivity index (χ2v) is 5.08. The normalized spacial score (nSPS) is 15.6. The van der Waals surface area contributed by atoms with Gasteiger partial charge in [0.2, 0.25) is 0 Å². The quantitative estimate of drug-likeness (QED) is 0.511. The minimum absolute atomic E-state index is 0.432. The fourth-order valence-electron chi connectivity index (χ4n) is 2.22. The molecule has 0 fully saturated rings. The molecule has 0 saturated carbocycles. The van der Waals surface area contributed by atoms with Gasteiger partial charge in [-0.3, -0.25) is 0 Å². The Kier molecular flexibility index (Phi) is 8.13.